The Morgan fingerprint density at radius 3 is 2.72 bits per heavy atom. The van der Waals surface area contributed by atoms with Gasteiger partial charge in [-0.25, -0.2) is 15.0 Å². The molecular weight excluding hydrogens is 360 g/mol. The number of nitrogen functional groups attached to an aromatic ring is 1. The Morgan fingerprint density at radius 1 is 1.00 bits per heavy atom. The summed E-state index contributed by atoms with van der Waals surface area (Å²) in [6.07, 6.45) is 6.13. The molecule has 4 N–H and O–H groups in total. The molecule has 0 bridgehead atoms. The molecule has 0 aliphatic heterocycles. The van der Waals surface area contributed by atoms with Crippen LogP contribution in [0.3, 0.4) is 0 Å². The van der Waals surface area contributed by atoms with Crippen molar-refractivity contribution in [3.8, 4) is 17.1 Å². The van der Waals surface area contributed by atoms with Crippen molar-refractivity contribution in [3.63, 3.8) is 0 Å². The Kier molecular flexibility index (Phi) is 3.52. The smallest absolute Gasteiger partial charge is 0.165 e. The summed E-state index contributed by atoms with van der Waals surface area (Å²) in [6.45, 7) is 0. The molecule has 1 atom stereocenters. The van der Waals surface area contributed by atoms with Crippen LogP contribution in [0.4, 0.5) is 5.82 Å². The monoisotopic (exact) mass is 382 g/mol. The lowest BCUT2D eigenvalue weighted by atomic mass is 10.1. The molecule has 6 heteroatoms. The molecule has 0 amide bonds. The Hall–Kier alpha value is -3.25. The summed E-state index contributed by atoms with van der Waals surface area (Å²) in [4.78, 5) is 14.2. The first-order chi connectivity index (χ1) is 14.2. The van der Waals surface area contributed by atoms with Gasteiger partial charge in [-0.3, -0.25) is 4.57 Å². The highest BCUT2D eigenvalue weighted by molar-refractivity contribution is 5.83. The van der Waals surface area contributed by atoms with Gasteiger partial charge in [0.25, 0.3) is 0 Å². The molecule has 3 aromatic heterocycles. The zero-order chi connectivity index (χ0) is 19.5. The van der Waals surface area contributed by atoms with Crippen molar-refractivity contribution in [3.05, 3.63) is 65.5 Å². The second kappa shape index (κ2) is 6.12. The predicted octanol–water partition coefficient (Wildman–Crippen LogP) is 3.89. The van der Waals surface area contributed by atoms with Crippen LogP contribution in [0.5, 0.6) is 0 Å². The number of aryl methyl sites for hydroxylation is 1. The fourth-order valence-corrected chi connectivity index (χ4v) is 4.39. The van der Waals surface area contributed by atoms with Crippen LogP contribution in [0, 0.1) is 0 Å². The van der Waals surface area contributed by atoms with E-state index in [0.717, 1.165) is 46.8 Å². The Bertz CT molecular complexity index is 1250. The summed E-state index contributed by atoms with van der Waals surface area (Å²) in [6, 6.07) is 14.7. The molecule has 6 rings (SSSR count). The quantitative estimate of drug-likeness (QED) is 0.560. The molecule has 0 spiro atoms. The number of hydrogen-bond acceptors (Lipinski definition) is 5. The number of hydrogen-bond donors (Lipinski definition) is 2. The van der Waals surface area contributed by atoms with Gasteiger partial charge in [-0.15, -0.1) is 0 Å². The maximum atomic E-state index is 6.25. The van der Waals surface area contributed by atoms with Gasteiger partial charge in [0.2, 0.25) is 0 Å². The van der Waals surface area contributed by atoms with Crippen LogP contribution in [0.25, 0.3) is 28.2 Å². The minimum atomic E-state index is 0.131. The van der Waals surface area contributed by atoms with Gasteiger partial charge in [0, 0.05) is 29.5 Å². The van der Waals surface area contributed by atoms with Crippen LogP contribution >= 0.6 is 0 Å². The fraction of sp³-hybridized carbons (Fsp3) is 0.261. The lowest BCUT2D eigenvalue weighted by Gasteiger charge is -2.13. The standard InChI is InChI=1S/C23H22N6/c24-18-8-5-14-12-15(6-7-16(14)18)29-22(17-2-1-11-26-21(17)25)28-20-10-9-19(13-3-4-13)27-23(20)29/h1-2,6-7,9-13,18H,3-5,8,24H2,(H2,25,26)/t18-/m0/s1. The highest BCUT2D eigenvalue weighted by Gasteiger charge is 2.27. The summed E-state index contributed by atoms with van der Waals surface area (Å²) < 4.78 is 2.12. The number of pyridine rings is 2. The number of fused-ring (bicyclic) bond motifs is 2. The van der Waals surface area contributed by atoms with Crippen molar-refractivity contribution in [1.82, 2.24) is 19.5 Å². The molecule has 0 saturated heterocycles. The van der Waals surface area contributed by atoms with E-state index in [2.05, 4.69) is 39.9 Å². The van der Waals surface area contributed by atoms with E-state index < -0.39 is 0 Å². The molecule has 3 heterocycles. The normalized spacial score (nSPS) is 18.3. The molecular formula is C23H22N6. The summed E-state index contributed by atoms with van der Waals surface area (Å²) in [5.74, 6) is 1.82. The van der Waals surface area contributed by atoms with E-state index in [4.69, 9.17) is 21.4 Å². The molecule has 0 unspecified atom stereocenters. The molecule has 2 aliphatic carbocycles. The number of rotatable bonds is 3. The zero-order valence-electron chi connectivity index (χ0n) is 16.0. The second-order valence-corrected chi connectivity index (χ2v) is 8.09. The number of aromatic nitrogens is 4. The lowest BCUT2D eigenvalue weighted by molar-refractivity contribution is 0.713. The molecule has 2 aliphatic rings. The first kappa shape index (κ1) is 16.7. The Morgan fingerprint density at radius 2 is 1.90 bits per heavy atom. The molecule has 0 radical (unpaired) electrons. The predicted molar refractivity (Wildman–Crippen MR) is 114 cm³/mol. The number of benzene rings is 1. The molecule has 4 aromatic rings. The first-order valence-corrected chi connectivity index (χ1v) is 10.2. The molecule has 1 aromatic carbocycles. The van der Waals surface area contributed by atoms with E-state index in [0.29, 0.717) is 11.7 Å². The topological polar surface area (TPSA) is 95.6 Å². The number of nitrogens with two attached hydrogens (primary N) is 2. The summed E-state index contributed by atoms with van der Waals surface area (Å²) in [7, 11) is 0. The van der Waals surface area contributed by atoms with E-state index in [1.807, 2.05) is 12.1 Å². The highest BCUT2D eigenvalue weighted by atomic mass is 15.1. The van der Waals surface area contributed by atoms with Crippen molar-refractivity contribution in [2.75, 3.05) is 5.73 Å². The fourth-order valence-electron chi connectivity index (χ4n) is 4.39. The maximum absolute atomic E-state index is 6.25. The highest BCUT2D eigenvalue weighted by Crippen LogP contribution is 2.40. The minimum Gasteiger partial charge on any atom is -0.383 e. The minimum absolute atomic E-state index is 0.131. The number of nitrogens with zero attached hydrogens (tertiary/aromatic N) is 4. The van der Waals surface area contributed by atoms with E-state index in [1.54, 1.807) is 6.20 Å². The molecule has 1 saturated carbocycles. The summed E-state index contributed by atoms with van der Waals surface area (Å²) in [5.41, 5.74) is 19.8. The van der Waals surface area contributed by atoms with Crippen molar-refractivity contribution in [2.45, 2.75) is 37.6 Å². The SMILES string of the molecule is Nc1ncccc1-c1nc2ccc(C3CC3)nc2n1-c1ccc2c(c1)CC[C@@H]2N. The largest absolute Gasteiger partial charge is 0.383 e. The third-order valence-corrected chi connectivity index (χ3v) is 6.11. The van der Waals surface area contributed by atoms with Crippen LogP contribution in [-0.2, 0) is 6.42 Å². The van der Waals surface area contributed by atoms with Gasteiger partial charge < -0.3 is 11.5 Å². The third-order valence-electron chi connectivity index (χ3n) is 6.11. The Labute approximate surface area is 168 Å². The van der Waals surface area contributed by atoms with E-state index in [9.17, 15) is 0 Å². The van der Waals surface area contributed by atoms with Gasteiger partial charge in [-0.2, -0.15) is 0 Å². The van der Waals surface area contributed by atoms with Gasteiger partial charge in [0.15, 0.2) is 11.5 Å². The van der Waals surface area contributed by atoms with Gasteiger partial charge in [0.05, 0.1) is 5.56 Å². The molecule has 6 nitrogen and oxygen atoms in total. The zero-order valence-corrected chi connectivity index (χ0v) is 16.0. The van der Waals surface area contributed by atoms with Crippen molar-refractivity contribution >= 4 is 17.0 Å². The van der Waals surface area contributed by atoms with Crippen molar-refractivity contribution in [1.29, 1.82) is 0 Å². The van der Waals surface area contributed by atoms with Gasteiger partial charge in [-0.05, 0) is 73.2 Å². The number of anilines is 1. The van der Waals surface area contributed by atoms with Crippen LogP contribution in [0.2, 0.25) is 0 Å². The van der Waals surface area contributed by atoms with Gasteiger partial charge in [-0.1, -0.05) is 6.07 Å². The van der Waals surface area contributed by atoms with E-state index in [-0.39, 0.29) is 6.04 Å². The van der Waals surface area contributed by atoms with Gasteiger partial charge >= 0.3 is 0 Å². The first-order valence-electron chi connectivity index (χ1n) is 10.2. The molecule has 144 valence electrons. The summed E-state index contributed by atoms with van der Waals surface area (Å²) in [5, 5.41) is 0. The van der Waals surface area contributed by atoms with E-state index in [1.165, 1.54) is 24.0 Å². The number of imidazole rings is 1. The average Bonchev–Trinajstić information content (AvgIpc) is 3.43. The maximum Gasteiger partial charge on any atom is 0.165 e. The van der Waals surface area contributed by atoms with Gasteiger partial charge in [0.1, 0.15) is 11.3 Å². The van der Waals surface area contributed by atoms with Crippen molar-refractivity contribution < 1.29 is 0 Å². The summed E-state index contributed by atoms with van der Waals surface area (Å²) >= 11 is 0. The lowest BCUT2D eigenvalue weighted by Crippen LogP contribution is -2.06. The average molecular weight is 382 g/mol. The van der Waals surface area contributed by atoms with E-state index >= 15 is 0 Å². The van der Waals surface area contributed by atoms with Crippen LogP contribution in [0.15, 0.2) is 48.7 Å². The second-order valence-electron chi connectivity index (χ2n) is 8.09. The van der Waals surface area contributed by atoms with Crippen LogP contribution < -0.4 is 11.5 Å². The van der Waals surface area contributed by atoms with Crippen LogP contribution in [-0.4, -0.2) is 19.5 Å². The Balaban J connectivity index is 1.63. The third kappa shape index (κ3) is 2.63. The van der Waals surface area contributed by atoms with Crippen LogP contribution in [0.1, 0.15) is 48.0 Å². The van der Waals surface area contributed by atoms with Crippen molar-refractivity contribution in [2.24, 2.45) is 5.73 Å². The molecule has 29 heavy (non-hydrogen) atoms. The molecule has 1 fully saturated rings.